The number of rotatable bonds is 4. The lowest BCUT2D eigenvalue weighted by molar-refractivity contribution is 0.0771. The summed E-state index contributed by atoms with van der Waals surface area (Å²) >= 11 is 1.76. The Hall–Kier alpha value is -0.380. The maximum atomic E-state index is 9.57. The van der Waals surface area contributed by atoms with Gasteiger partial charge in [0.2, 0.25) is 0 Å². The van der Waals surface area contributed by atoms with Crippen LogP contribution in [-0.4, -0.2) is 17.3 Å². The highest BCUT2D eigenvalue weighted by molar-refractivity contribution is 7.10. The molecule has 0 saturated heterocycles. The molecule has 0 spiro atoms. The molecule has 0 bridgehead atoms. The zero-order valence-corrected chi connectivity index (χ0v) is 10.1. The fraction of sp³-hybridized carbons (Fsp3) is 0.636. The molecule has 0 aromatic carbocycles. The van der Waals surface area contributed by atoms with Gasteiger partial charge in [-0.2, -0.15) is 0 Å². The van der Waals surface area contributed by atoms with Crippen molar-refractivity contribution in [3.05, 3.63) is 21.9 Å². The van der Waals surface area contributed by atoms with Crippen LogP contribution >= 0.6 is 11.3 Å². The molecule has 0 fully saturated rings. The molecular weight excluding hydrogens is 194 g/mol. The molecule has 0 radical (unpaired) electrons. The first-order chi connectivity index (χ1) is 6.40. The Kier molecular flexibility index (Phi) is 3.70. The van der Waals surface area contributed by atoms with Gasteiger partial charge in [-0.05, 0) is 44.7 Å². The van der Waals surface area contributed by atoms with Crippen LogP contribution in [0.5, 0.6) is 0 Å². The second-order valence-corrected chi connectivity index (χ2v) is 5.33. The summed E-state index contributed by atoms with van der Waals surface area (Å²) in [5.41, 5.74) is 0.685. The number of aryl methyl sites for hydroxylation is 1. The summed E-state index contributed by atoms with van der Waals surface area (Å²) < 4.78 is 0. The van der Waals surface area contributed by atoms with Crippen LogP contribution in [0.25, 0.3) is 0 Å². The van der Waals surface area contributed by atoms with Crippen LogP contribution in [0.1, 0.15) is 37.3 Å². The first-order valence-electron chi connectivity index (χ1n) is 4.90. The summed E-state index contributed by atoms with van der Waals surface area (Å²) in [7, 11) is 0. The third-order valence-corrected chi connectivity index (χ3v) is 3.34. The van der Waals surface area contributed by atoms with E-state index in [0.29, 0.717) is 12.6 Å². The fourth-order valence-corrected chi connectivity index (χ4v) is 2.28. The van der Waals surface area contributed by atoms with E-state index in [1.165, 1.54) is 10.4 Å². The number of hydrogen-bond donors (Lipinski definition) is 2. The van der Waals surface area contributed by atoms with Crippen molar-refractivity contribution in [2.75, 3.05) is 6.54 Å². The normalized spacial score (nSPS) is 14.4. The van der Waals surface area contributed by atoms with Crippen molar-refractivity contribution >= 4 is 11.3 Å². The minimum absolute atomic E-state index is 0.321. The van der Waals surface area contributed by atoms with Crippen molar-refractivity contribution in [3.63, 3.8) is 0 Å². The van der Waals surface area contributed by atoms with Crippen LogP contribution < -0.4 is 5.32 Å². The Labute approximate surface area is 90.0 Å². The zero-order valence-electron chi connectivity index (χ0n) is 9.29. The quantitative estimate of drug-likeness (QED) is 0.805. The zero-order chi connectivity index (χ0) is 10.8. The van der Waals surface area contributed by atoms with E-state index in [0.717, 1.165) is 0 Å². The first-order valence-corrected chi connectivity index (χ1v) is 5.78. The van der Waals surface area contributed by atoms with Crippen molar-refractivity contribution in [1.82, 2.24) is 5.32 Å². The predicted molar refractivity (Wildman–Crippen MR) is 61.8 cm³/mol. The van der Waals surface area contributed by atoms with Crippen molar-refractivity contribution in [1.29, 1.82) is 0 Å². The number of hydrogen-bond acceptors (Lipinski definition) is 3. The maximum absolute atomic E-state index is 9.57. The SMILES string of the molecule is Cc1ccsc1[C@@H](C)NCC(C)(C)O. The van der Waals surface area contributed by atoms with E-state index in [1.54, 1.807) is 11.3 Å². The Morgan fingerprint density at radius 2 is 2.21 bits per heavy atom. The topological polar surface area (TPSA) is 32.3 Å². The summed E-state index contributed by atoms with van der Waals surface area (Å²) in [6, 6.07) is 2.45. The third kappa shape index (κ3) is 3.40. The van der Waals surface area contributed by atoms with Gasteiger partial charge in [-0.1, -0.05) is 0 Å². The average molecular weight is 213 g/mol. The molecule has 14 heavy (non-hydrogen) atoms. The van der Waals surface area contributed by atoms with E-state index in [4.69, 9.17) is 0 Å². The second-order valence-electron chi connectivity index (χ2n) is 4.38. The van der Waals surface area contributed by atoms with Gasteiger partial charge in [-0.25, -0.2) is 0 Å². The van der Waals surface area contributed by atoms with Crippen LogP contribution in [0.2, 0.25) is 0 Å². The fourth-order valence-electron chi connectivity index (χ4n) is 1.32. The summed E-state index contributed by atoms with van der Waals surface area (Å²) in [5.74, 6) is 0. The molecule has 1 rings (SSSR count). The number of thiophene rings is 1. The maximum Gasteiger partial charge on any atom is 0.0715 e. The van der Waals surface area contributed by atoms with Crippen LogP contribution in [0, 0.1) is 6.92 Å². The summed E-state index contributed by atoms with van der Waals surface area (Å²) in [4.78, 5) is 1.36. The lowest BCUT2D eigenvalue weighted by Crippen LogP contribution is -2.35. The first kappa shape index (κ1) is 11.7. The molecule has 0 aliphatic carbocycles. The van der Waals surface area contributed by atoms with Crippen molar-refractivity contribution in [2.24, 2.45) is 0 Å². The number of aliphatic hydroxyl groups is 1. The predicted octanol–water partition coefficient (Wildman–Crippen LogP) is 2.48. The third-order valence-electron chi connectivity index (χ3n) is 2.14. The molecule has 0 saturated carbocycles. The Morgan fingerprint density at radius 1 is 1.57 bits per heavy atom. The highest BCUT2D eigenvalue weighted by atomic mass is 32.1. The highest BCUT2D eigenvalue weighted by Gasteiger charge is 2.15. The van der Waals surface area contributed by atoms with Crippen molar-refractivity contribution in [2.45, 2.75) is 39.3 Å². The van der Waals surface area contributed by atoms with Gasteiger partial charge in [0.05, 0.1) is 5.60 Å². The lowest BCUT2D eigenvalue weighted by atomic mass is 10.1. The van der Waals surface area contributed by atoms with E-state index in [-0.39, 0.29) is 0 Å². The molecule has 1 aromatic heterocycles. The minimum Gasteiger partial charge on any atom is -0.389 e. The van der Waals surface area contributed by atoms with Gasteiger partial charge in [-0.3, -0.25) is 0 Å². The van der Waals surface area contributed by atoms with Crippen LogP contribution in [0.15, 0.2) is 11.4 Å². The molecule has 0 aliphatic heterocycles. The lowest BCUT2D eigenvalue weighted by Gasteiger charge is -2.21. The number of nitrogens with one attached hydrogen (secondary N) is 1. The van der Waals surface area contributed by atoms with Gasteiger partial charge in [-0.15, -0.1) is 11.3 Å². The van der Waals surface area contributed by atoms with Crippen LogP contribution in [-0.2, 0) is 0 Å². The molecule has 1 atom stereocenters. The smallest absolute Gasteiger partial charge is 0.0715 e. The average Bonchev–Trinajstić information content (AvgIpc) is 2.46. The Bertz CT molecular complexity index is 288. The summed E-state index contributed by atoms with van der Waals surface area (Å²) in [6.45, 7) is 8.49. The van der Waals surface area contributed by atoms with E-state index in [1.807, 2.05) is 13.8 Å². The molecule has 2 N–H and O–H groups in total. The van der Waals surface area contributed by atoms with Crippen LogP contribution in [0.4, 0.5) is 0 Å². The summed E-state index contributed by atoms with van der Waals surface area (Å²) in [6.07, 6.45) is 0. The van der Waals surface area contributed by atoms with Gasteiger partial charge < -0.3 is 10.4 Å². The van der Waals surface area contributed by atoms with E-state index >= 15 is 0 Å². The Morgan fingerprint density at radius 3 is 2.64 bits per heavy atom. The van der Waals surface area contributed by atoms with E-state index < -0.39 is 5.60 Å². The van der Waals surface area contributed by atoms with Gasteiger partial charge in [0.25, 0.3) is 0 Å². The van der Waals surface area contributed by atoms with Gasteiger partial charge >= 0.3 is 0 Å². The van der Waals surface area contributed by atoms with E-state index in [9.17, 15) is 5.11 Å². The summed E-state index contributed by atoms with van der Waals surface area (Å²) in [5, 5.41) is 15.0. The molecular formula is C11H19NOS. The molecule has 0 amide bonds. The van der Waals surface area contributed by atoms with Gasteiger partial charge in [0.15, 0.2) is 0 Å². The molecule has 0 unspecified atom stereocenters. The molecule has 1 heterocycles. The minimum atomic E-state index is -0.639. The largest absolute Gasteiger partial charge is 0.389 e. The van der Waals surface area contributed by atoms with Crippen molar-refractivity contribution < 1.29 is 5.11 Å². The molecule has 80 valence electrons. The van der Waals surface area contributed by atoms with Crippen LogP contribution in [0.3, 0.4) is 0 Å². The molecule has 1 aromatic rings. The van der Waals surface area contributed by atoms with Gasteiger partial charge in [0, 0.05) is 17.5 Å². The highest BCUT2D eigenvalue weighted by Crippen LogP contribution is 2.23. The van der Waals surface area contributed by atoms with E-state index in [2.05, 4.69) is 30.6 Å². The molecule has 3 heteroatoms. The molecule has 0 aliphatic rings. The van der Waals surface area contributed by atoms with Gasteiger partial charge in [0.1, 0.15) is 0 Å². The second kappa shape index (κ2) is 4.43. The monoisotopic (exact) mass is 213 g/mol. The molecule has 2 nitrogen and oxygen atoms in total. The Balaban J connectivity index is 2.51. The standard InChI is InChI=1S/C11H19NOS/c1-8-5-6-14-10(8)9(2)12-7-11(3,4)13/h5-6,9,12-13H,7H2,1-4H3/t9-/m1/s1. The van der Waals surface area contributed by atoms with Crippen molar-refractivity contribution in [3.8, 4) is 0 Å².